The highest BCUT2D eigenvalue weighted by atomic mass is 15.2. The predicted octanol–water partition coefficient (Wildman–Crippen LogP) is 18.4. The molecule has 0 atom stereocenters. The van der Waals surface area contributed by atoms with Crippen molar-refractivity contribution in [3.63, 3.8) is 0 Å². The van der Waals surface area contributed by atoms with Gasteiger partial charge in [0.2, 0.25) is 0 Å². The van der Waals surface area contributed by atoms with Crippen molar-refractivity contribution in [1.82, 2.24) is 4.57 Å². The van der Waals surface area contributed by atoms with Gasteiger partial charge in [-0.3, -0.25) is 0 Å². The molecule has 0 saturated carbocycles. The van der Waals surface area contributed by atoms with Gasteiger partial charge in [0.25, 0.3) is 0 Å². The number of fused-ring (bicyclic) bond motifs is 3. The van der Waals surface area contributed by atoms with Gasteiger partial charge >= 0.3 is 0 Å². The molecule has 0 amide bonds. The molecule has 0 aliphatic carbocycles. The van der Waals surface area contributed by atoms with E-state index in [1.54, 1.807) is 0 Å². The van der Waals surface area contributed by atoms with Crippen molar-refractivity contribution in [3.05, 3.63) is 285 Å². The van der Waals surface area contributed by atoms with Crippen LogP contribution in [0.5, 0.6) is 0 Å². The summed E-state index contributed by atoms with van der Waals surface area (Å²) in [7, 11) is 0. The third-order valence-corrected chi connectivity index (χ3v) is 13.2. The van der Waals surface area contributed by atoms with Crippen LogP contribution in [0.3, 0.4) is 0 Å². The fraction of sp³-hybridized carbons (Fsp3) is 0. The van der Waals surface area contributed by atoms with Crippen molar-refractivity contribution in [3.8, 4) is 50.2 Å². The van der Waals surface area contributed by atoms with E-state index in [4.69, 9.17) is 0 Å². The first-order valence-corrected chi connectivity index (χ1v) is 23.6. The highest BCUT2D eigenvalue weighted by Gasteiger charge is 2.26. The Labute approximate surface area is 403 Å². The van der Waals surface area contributed by atoms with E-state index in [0.717, 1.165) is 62.0 Å². The van der Waals surface area contributed by atoms with E-state index in [9.17, 15) is 0 Å². The topological polar surface area (TPSA) is 11.4 Å². The van der Waals surface area contributed by atoms with Gasteiger partial charge in [0.1, 0.15) is 0 Å². The van der Waals surface area contributed by atoms with Crippen LogP contribution in [0.15, 0.2) is 285 Å². The number of rotatable bonds is 11. The predicted molar refractivity (Wildman–Crippen MR) is 292 cm³/mol. The van der Waals surface area contributed by atoms with Crippen molar-refractivity contribution < 1.29 is 0 Å². The minimum atomic E-state index is 1.07. The first-order valence-electron chi connectivity index (χ1n) is 23.6. The minimum Gasteiger partial charge on any atom is -0.311 e. The Morgan fingerprint density at radius 3 is 1.04 bits per heavy atom. The van der Waals surface area contributed by atoms with Crippen molar-refractivity contribution in [2.45, 2.75) is 0 Å². The molecule has 0 N–H and O–H groups in total. The average molecular weight is 882 g/mol. The standard InChI is InChI=1S/C66H47N3/c1-6-18-48(19-7-1)51-30-38-57(39-31-51)67(58-40-32-52(33-41-58)49-20-8-2-9-21-49)59-44-36-54(37-45-59)61-46-47-63-62-28-16-17-29-64(62)69(56-26-14-5-15-27-56)66(63)65(61)68(55-24-12-4-13-25-55)60-42-34-53(35-43-60)50-22-10-3-11-23-50/h1-47H. The number of aromatic nitrogens is 1. The van der Waals surface area contributed by atoms with Crippen molar-refractivity contribution >= 4 is 55.9 Å². The van der Waals surface area contributed by atoms with Gasteiger partial charge < -0.3 is 14.4 Å². The lowest BCUT2D eigenvalue weighted by atomic mass is 9.97. The molecule has 0 spiro atoms. The molecule has 3 nitrogen and oxygen atoms in total. The van der Waals surface area contributed by atoms with Gasteiger partial charge in [-0.25, -0.2) is 0 Å². The van der Waals surface area contributed by atoms with Crippen LogP contribution in [0.1, 0.15) is 0 Å². The molecule has 0 saturated heterocycles. The van der Waals surface area contributed by atoms with Crippen LogP contribution in [0.2, 0.25) is 0 Å². The molecule has 12 aromatic rings. The van der Waals surface area contributed by atoms with E-state index < -0.39 is 0 Å². The molecular weight excluding hydrogens is 835 g/mol. The van der Waals surface area contributed by atoms with E-state index in [1.165, 1.54) is 44.2 Å². The zero-order valence-electron chi connectivity index (χ0n) is 38.0. The van der Waals surface area contributed by atoms with Gasteiger partial charge in [0, 0.05) is 50.5 Å². The van der Waals surface area contributed by atoms with Gasteiger partial charge in [0.15, 0.2) is 0 Å². The summed E-state index contributed by atoms with van der Waals surface area (Å²) in [6.45, 7) is 0. The Hall–Kier alpha value is -9.18. The molecule has 0 aliphatic heterocycles. The quantitative estimate of drug-likeness (QED) is 0.128. The van der Waals surface area contributed by atoms with Gasteiger partial charge in [0.05, 0.1) is 16.7 Å². The number of benzene rings is 11. The maximum absolute atomic E-state index is 2.45. The third kappa shape index (κ3) is 7.92. The van der Waals surface area contributed by atoms with Crippen molar-refractivity contribution in [1.29, 1.82) is 0 Å². The number of hydrogen-bond donors (Lipinski definition) is 0. The Balaban J connectivity index is 1.05. The summed E-state index contributed by atoms with van der Waals surface area (Å²) in [5.41, 5.74) is 19.2. The Morgan fingerprint density at radius 2 is 0.580 bits per heavy atom. The van der Waals surface area contributed by atoms with Gasteiger partial charge in [-0.2, -0.15) is 0 Å². The second kappa shape index (κ2) is 18.2. The molecule has 326 valence electrons. The number of para-hydroxylation sites is 3. The fourth-order valence-electron chi connectivity index (χ4n) is 9.87. The summed E-state index contributed by atoms with van der Waals surface area (Å²) in [5, 5.41) is 2.40. The molecule has 69 heavy (non-hydrogen) atoms. The molecule has 0 fully saturated rings. The Bertz CT molecular complexity index is 3560. The highest BCUT2D eigenvalue weighted by molar-refractivity contribution is 6.17. The number of nitrogens with zero attached hydrogens (tertiary/aromatic N) is 3. The zero-order valence-corrected chi connectivity index (χ0v) is 38.0. The molecule has 1 aromatic heterocycles. The SMILES string of the molecule is c1ccc(-c2ccc(N(c3ccc(-c4ccccc4)cc3)c3ccc(-c4ccc5c6ccccc6n(-c6ccccc6)c5c4N(c4ccccc4)c4ccc(-c5ccccc5)cc4)cc3)cc2)cc1. The van der Waals surface area contributed by atoms with E-state index in [1.807, 2.05) is 0 Å². The average Bonchev–Trinajstić information content (AvgIpc) is 3.78. The van der Waals surface area contributed by atoms with Crippen LogP contribution >= 0.6 is 0 Å². The van der Waals surface area contributed by atoms with Gasteiger partial charge in [-0.05, 0) is 118 Å². The van der Waals surface area contributed by atoms with Crippen LogP contribution < -0.4 is 9.80 Å². The maximum atomic E-state index is 2.45. The van der Waals surface area contributed by atoms with E-state index >= 15 is 0 Å². The molecule has 12 rings (SSSR count). The molecule has 1 heterocycles. The molecular formula is C66H47N3. The van der Waals surface area contributed by atoms with E-state index in [0.29, 0.717) is 0 Å². The zero-order chi connectivity index (χ0) is 45.9. The summed E-state index contributed by atoms with van der Waals surface area (Å²) >= 11 is 0. The Kier molecular flexibility index (Phi) is 10.9. The molecule has 0 radical (unpaired) electrons. The van der Waals surface area contributed by atoms with Crippen LogP contribution in [0.25, 0.3) is 72.0 Å². The summed E-state index contributed by atoms with van der Waals surface area (Å²) < 4.78 is 2.45. The normalized spacial score (nSPS) is 11.2. The number of hydrogen-bond acceptors (Lipinski definition) is 2. The molecule has 0 bridgehead atoms. The molecule has 0 aliphatic rings. The third-order valence-electron chi connectivity index (χ3n) is 13.2. The van der Waals surface area contributed by atoms with Crippen LogP contribution in [-0.2, 0) is 0 Å². The van der Waals surface area contributed by atoms with Crippen LogP contribution in [0, 0.1) is 0 Å². The largest absolute Gasteiger partial charge is 0.311 e. The second-order valence-electron chi connectivity index (χ2n) is 17.3. The van der Waals surface area contributed by atoms with E-state index in [-0.39, 0.29) is 0 Å². The molecule has 11 aromatic carbocycles. The molecule has 0 unspecified atom stereocenters. The fourth-order valence-corrected chi connectivity index (χ4v) is 9.87. The lowest BCUT2D eigenvalue weighted by Gasteiger charge is -2.30. The van der Waals surface area contributed by atoms with Gasteiger partial charge in [-0.1, -0.05) is 206 Å². The number of anilines is 6. The van der Waals surface area contributed by atoms with E-state index in [2.05, 4.69) is 299 Å². The monoisotopic (exact) mass is 881 g/mol. The highest BCUT2D eigenvalue weighted by Crippen LogP contribution is 2.49. The lowest BCUT2D eigenvalue weighted by molar-refractivity contribution is 1.17. The first-order chi connectivity index (χ1) is 34.2. The van der Waals surface area contributed by atoms with Gasteiger partial charge in [-0.15, -0.1) is 0 Å². The van der Waals surface area contributed by atoms with Crippen LogP contribution in [-0.4, -0.2) is 4.57 Å². The molecule has 3 heteroatoms. The first kappa shape index (κ1) is 41.3. The maximum Gasteiger partial charge on any atom is 0.0788 e. The summed E-state index contributed by atoms with van der Waals surface area (Å²) in [6, 6.07) is 103. The minimum absolute atomic E-state index is 1.07. The Morgan fingerprint density at radius 1 is 0.232 bits per heavy atom. The summed E-state index contributed by atoms with van der Waals surface area (Å²) in [4.78, 5) is 4.81. The summed E-state index contributed by atoms with van der Waals surface area (Å²) in [6.07, 6.45) is 0. The lowest BCUT2D eigenvalue weighted by Crippen LogP contribution is -2.13. The smallest absolute Gasteiger partial charge is 0.0788 e. The second-order valence-corrected chi connectivity index (χ2v) is 17.3. The summed E-state index contributed by atoms with van der Waals surface area (Å²) in [5.74, 6) is 0. The van der Waals surface area contributed by atoms with Crippen LogP contribution in [0.4, 0.5) is 34.1 Å². The van der Waals surface area contributed by atoms with Crippen molar-refractivity contribution in [2.24, 2.45) is 0 Å². The van der Waals surface area contributed by atoms with Crippen molar-refractivity contribution in [2.75, 3.05) is 9.80 Å².